The highest BCUT2D eigenvalue weighted by atomic mass is 16.5. The van der Waals surface area contributed by atoms with Crippen molar-refractivity contribution in [3.8, 4) is 5.75 Å². The van der Waals surface area contributed by atoms with E-state index in [0.29, 0.717) is 25.6 Å². The first-order valence-corrected chi connectivity index (χ1v) is 9.37. The second-order valence-corrected chi connectivity index (χ2v) is 6.88. The van der Waals surface area contributed by atoms with Crippen LogP contribution in [0.1, 0.15) is 23.2 Å². The molecule has 0 radical (unpaired) electrons. The SMILES string of the molecule is CN=C(NCc1ccc(C)cc1OCC1CCOC1)NCc1ccnn1C. The fourth-order valence-corrected chi connectivity index (χ4v) is 3.01. The molecule has 0 bridgehead atoms. The zero-order valence-corrected chi connectivity index (χ0v) is 16.4. The van der Waals surface area contributed by atoms with Gasteiger partial charge in [0, 0.05) is 44.9 Å². The molecule has 27 heavy (non-hydrogen) atoms. The quantitative estimate of drug-likeness (QED) is 0.575. The average molecular weight is 371 g/mol. The maximum Gasteiger partial charge on any atom is 0.191 e. The summed E-state index contributed by atoms with van der Waals surface area (Å²) in [4.78, 5) is 4.30. The molecule has 1 aromatic carbocycles. The number of hydrogen-bond donors (Lipinski definition) is 2. The summed E-state index contributed by atoms with van der Waals surface area (Å²) in [5.74, 6) is 2.16. The Labute approximate surface area is 160 Å². The van der Waals surface area contributed by atoms with Crippen LogP contribution < -0.4 is 15.4 Å². The molecule has 0 amide bonds. The highest BCUT2D eigenvalue weighted by Crippen LogP contribution is 2.22. The van der Waals surface area contributed by atoms with Crippen molar-refractivity contribution >= 4 is 5.96 Å². The fourth-order valence-electron chi connectivity index (χ4n) is 3.01. The Bertz CT molecular complexity index is 765. The molecule has 1 fully saturated rings. The summed E-state index contributed by atoms with van der Waals surface area (Å²) in [6, 6.07) is 8.29. The summed E-state index contributed by atoms with van der Waals surface area (Å²) >= 11 is 0. The van der Waals surface area contributed by atoms with E-state index in [0.717, 1.165) is 42.6 Å². The van der Waals surface area contributed by atoms with Gasteiger partial charge in [-0.15, -0.1) is 0 Å². The van der Waals surface area contributed by atoms with Crippen molar-refractivity contribution in [1.82, 2.24) is 20.4 Å². The summed E-state index contributed by atoms with van der Waals surface area (Å²) in [5.41, 5.74) is 3.40. The van der Waals surface area contributed by atoms with Crippen LogP contribution in [0.4, 0.5) is 0 Å². The van der Waals surface area contributed by atoms with Crippen LogP contribution in [0.5, 0.6) is 5.75 Å². The van der Waals surface area contributed by atoms with E-state index in [4.69, 9.17) is 9.47 Å². The highest BCUT2D eigenvalue weighted by molar-refractivity contribution is 5.79. The normalized spacial score (nSPS) is 17.1. The molecule has 0 spiro atoms. The van der Waals surface area contributed by atoms with Crippen LogP contribution in [0.2, 0.25) is 0 Å². The van der Waals surface area contributed by atoms with Gasteiger partial charge < -0.3 is 20.1 Å². The largest absolute Gasteiger partial charge is 0.493 e. The number of aromatic nitrogens is 2. The number of aliphatic imine (C=N–C) groups is 1. The van der Waals surface area contributed by atoms with Crippen LogP contribution in [-0.4, -0.2) is 42.6 Å². The van der Waals surface area contributed by atoms with E-state index in [1.54, 1.807) is 13.2 Å². The van der Waals surface area contributed by atoms with E-state index in [-0.39, 0.29) is 0 Å². The predicted octanol–water partition coefficient (Wildman–Crippen LogP) is 2.01. The lowest BCUT2D eigenvalue weighted by Crippen LogP contribution is -2.36. The van der Waals surface area contributed by atoms with Crippen LogP contribution in [0.3, 0.4) is 0 Å². The number of hydrogen-bond acceptors (Lipinski definition) is 4. The molecule has 7 heteroatoms. The van der Waals surface area contributed by atoms with Gasteiger partial charge in [-0.2, -0.15) is 5.10 Å². The first-order valence-electron chi connectivity index (χ1n) is 9.37. The average Bonchev–Trinajstić information content (AvgIpc) is 3.33. The van der Waals surface area contributed by atoms with Gasteiger partial charge in [0.05, 0.1) is 25.5 Å². The van der Waals surface area contributed by atoms with Crippen molar-refractivity contribution < 1.29 is 9.47 Å². The van der Waals surface area contributed by atoms with Gasteiger partial charge in [-0.3, -0.25) is 9.67 Å². The minimum atomic E-state index is 0.486. The molecule has 2 N–H and O–H groups in total. The van der Waals surface area contributed by atoms with Gasteiger partial charge in [0.2, 0.25) is 0 Å². The van der Waals surface area contributed by atoms with Gasteiger partial charge in [-0.05, 0) is 31.0 Å². The Balaban J connectivity index is 1.56. The molecule has 0 saturated carbocycles. The molecule has 1 atom stereocenters. The molecule has 1 aliphatic rings. The Morgan fingerprint density at radius 1 is 1.33 bits per heavy atom. The molecule has 1 aromatic heterocycles. The molecule has 7 nitrogen and oxygen atoms in total. The van der Waals surface area contributed by atoms with Crippen LogP contribution in [-0.2, 0) is 24.9 Å². The number of rotatable bonds is 7. The van der Waals surface area contributed by atoms with Gasteiger partial charge in [0.25, 0.3) is 0 Å². The number of nitrogens with one attached hydrogen (secondary N) is 2. The summed E-state index contributed by atoms with van der Waals surface area (Å²) in [7, 11) is 3.70. The third kappa shape index (κ3) is 5.47. The highest BCUT2D eigenvalue weighted by Gasteiger charge is 2.17. The van der Waals surface area contributed by atoms with Crippen molar-refractivity contribution in [2.75, 3.05) is 26.9 Å². The molecule has 1 aliphatic heterocycles. The summed E-state index contributed by atoms with van der Waals surface area (Å²) < 4.78 is 13.4. The monoisotopic (exact) mass is 371 g/mol. The van der Waals surface area contributed by atoms with E-state index < -0.39 is 0 Å². The molecular weight excluding hydrogens is 342 g/mol. The topological polar surface area (TPSA) is 72.7 Å². The molecule has 146 valence electrons. The number of benzene rings is 1. The smallest absolute Gasteiger partial charge is 0.191 e. The maximum absolute atomic E-state index is 6.11. The lowest BCUT2D eigenvalue weighted by Gasteiger charge is -2.17. The minimum Gasteiger partial charge on any atom is -0.493 e. The molecule has 0 aliphatic carbocycles. The van der Waals surface area contributed by atoms with Gasteiger partial charge in [-0.25, -0.2) is 0 Å². The third-order valence-corrected chi connectivity index (χ3v) is 4.75. The number of ether oxygens (including phenoxy) is 2. The maximum atomic E-state index is 6.11. The van der Waals surface area contributed by atoms with Crippen molar-refractivity contribution in [1.29, 1.82) is 0 Å². The molecule has 3 rings (SSSR count). The first kappa shape index (κ1) is 19.2. The summed E-state index contributed by atoms with van der Waals surface area (Å²) in [6.45, 7) is 5.72. The van der Waals surface area contributed by atoms with Crippen molar-refractivity contribution in [3.05, 3.63) is 47.3 Å². The number of guanidine groups is 1. The molecule has 1 unspecified atom stereocenters. The Morgan fingerprint density at radius 3 is 2.89 bits per heavy atom. The van der Waals surface area contributed by atoms with E-state index >= 15 is 0 Å². The predicted molar refractivity (Wildman–Crippen MR) is 106 cm³/mol. The summed E-state index contributed by atoms with van der Waals surface area (Å²) in [6.07, 6.45) is 2.86. The minimum absolute atomic E-state index is 0.486. The van der Waals surface area contributed by atoms with Crippen LogP contribution in [0.25, 0.3) is 0 Å². The van der Waals surface area contributed by atoms with E-state index in [9.17, 15) is 0 Å². The number of aryl methyl sites for hydroxylation is 2. The van der Waals surface area contributed by atoms with Gasteiger partial charge in [-0.1, -0.05) is 12.1 Å². The van der Waals surface area contributed by atoms with Crippen molar-refractivity contribution in [3.63, 3.8) is 0 Å². The van der Waals surface area contributed by atoms with Crippen LogP contribution in [0.15, 0.2) is 35.5 Å². The molecule has 2 aromatic rings. The Hall–Kier alpha value is -2.54. The second kappa shape index (κ2) is 9.41. The zero-order chi connectivity index (χ0) is 19.1. The number of nitrogens with zero attached hydrogens (tertiary/aromatic N) is 3. The Morgan fingerprint density at radius 2 is 2.19 bits per heavy atom. The van der Waals surface area contributed by atoms with Gasteiger partial charge >= 0.3 is 0 Å². The van der Waals surface area contributed by atoms with Crippen molar-refractivity contribution in [2.24, 2.45) is 18.0 Å². The van der Waals surface area contributed by atoms with Gasteiger partial charge in [0.1, 0.15) is 5.75 Å². The van der Waals surface area contributed by atoms with Crippen LogP contribution >= 0.6 is 0 Å². The first-order chi connectivity index (χ1) is 13.2. The molecule has 2 heterocycles. The second-order valence-electron chi connectivity index (χ2n) is 6.88. The molecular formula is C20H29N5O2. The van der Waals surface area contributed by atoms with Gasteiger partial charge in [0.15, 0.2) is 5.96 Å². The lowest BCUT2D eigenvalue weighted by atomic mass is 10.1. The Kier molecular flexibility index (Phi) is 6.70. The third-order valence-electron chi connectivity index (χ3n) is 4.75. The van der Waals surface area contributed by atoms with Crippen molar-refractivity contribution in [2.45, 2.75) is 26.4 Å². The molecule has 1 saturated heterocycles. The summed E-state index contributed by atoms with van der Waals surface area (Å²) in [5, 5.41) is 10.8. The lowest BCUT2D eigenvalue weighted by molar-refractivity contribution is 0.166. The van der Waals surface area contributed by atoms with E-state index in [1.165, 1.54) is 5.56 Å². The van der Waals surface area contributed by atoms with E-state index in [2.05, 4.69) is 45.8 Å². The zero-order valence-electron chi connectivity index (χ0n) is 16.4. The van der Waals surface area contributed by atoms with Crippen LogP contribution in [0, 0.1) is 12.8 Å². The van der Waals surface area contributed by atoms with E-state index in [1.807, 2.05) is 17.8 Å². The standard InChI is InChI=1S/C20H29N5O2/c1-15-4-5-17(19(10-15)27-14-16-7-9-26-13-16)11-22-20(21-2)23-12-18-6-8-24-25(18)3/h4-6,8,10,16H,7,9,11-14H2,1-3H3,(H2,21,22,23). The fraction of sp³-hybridized carbons (Fsp3) is 0.500.